The molecule has 0 spiro atoms. The number of nitrogens with zero attached hydrogens (tertiary/aromatic N) is 2. The van der Waals surface area contributed by atoms with E-state index in [4.69, 9.17) is 4.74 Å². The van der Waals surface area contributed by atoms with Gasteiger partial charge in [0.15, 0.2) is 6.61 Å². The maximum Gasteiger partial charge on any atom is 0.272 e. The maximum absolute atomic E-state index is 12.2. The van der Waals surface area contributed by atoms with Gasteiger partial charge in [0.2, 0.25) is 5.88 Å². The number of hydrogen-bond acceptors (Lipinski definition) is 4. The smallest absolute Gasteiger partial charge is 0.272 e. The van der Waals surface area contributed by atoms with Crippen LogP contribution in [0, 0.1) is 0 Å². The average Bonchev–Trinajstić information content (AvgIpc) is 2.36. The van der Waals surface area contributed by atoms with Gasteiger partial charge in [-0.3, -0.25) is 0 Å². The molecule has 0 fully saturated rings. The molecule has 0 saturated carbocycles. The lowest BCUT2D eigenvalue weighted by atomic mass is 10.1. The summed E-state index contributed by atoms with van der Waals surface area (Å²) in [5.41, 5.74) is 0.772. The van der Waals surface area contributed by atoms with Crippen molar-refractivity contribution in [3.63, 3.8) is 0 Å². The van der Waals surface area contributed by atoms with Gasteiger partial charge < -0.3 is 10.1 Å². The Balaban J connectivity index is 2.86. The predicted molar refractivity (Wildman–Crippen MR) is 66.3 cm³/mol. The Morgan fingerprint density at radius 3 is 2.67 bits per heavy atom. The zero-order valence-corrected chi connectivity index (χ0v) is 10.7. The molecule has 1 heterocycles. The van der Waals surface area contributed by atoms with Crippen molar-refractivity contribution >= 4 is 5.82 Å². The molecule has 102 valence electrons. The number of alkyl halides is 2. The summed E-state index contributed by atoms with van der Waals surface area (Å²) in [5, 5.41) is 3.16. The Morgan fingerprint density at radius 1 is 1.28 bits per heavy atom. The quantitative estimate of drug-likeness (QED) is 0.779. The molecule has 0 aliphatic heterocycles. The van der Waals surface area contributed by atoms with Gasteiger partial charge in [0.25, 0.3) is 6.43 Å². The molecule has 0 bridgehead atoms. The van der Waals surface area contributed by atoms with E-state index in [-0.39, 0.29) is 5.88 Å². The average molecular weight is 259 g/mol. The first-order chi connectivity index (χ1) is 8.69. The predicted octanol–water partition coefficient (Wildman–Crippen LogP) is 2.89. The summed E-state index contributed by atoms with van der Waals surface area (Å²) in [6.07, 6.45) is 1.37. The fourth-order valence-electron chi connectivity index (χ4n) is 1.53. The molecule has 1 N–H and O–H groups in total. The van der Waals surface area contributed by atoms with E-state index in [2.05, 4.69) is 15.3 Å². The molecule has 0 aromatic carbocycles. The second-order valence-corrected chi connectivity index (χ2v) is 3.88. The zero-order chi connectivity index (χ0) is 13.4. The summed E-state index contributed by atoms with van der Waals surface area (Å²) in [7, 11) is 0. The third kappa shape index (κ3) is 4.43. The van der Waals surface area contributed by atoms with E-state index in [1.807, 2.05) is 13.8 Å². The molecular weight excluding hydrogens is 240 g/mol. The molecule has 0 aliphatic carbocycles. The van der Waals surface area contributed by atoms with Crippen molar-refractivity contribution in [1.29, 1.82) is 0 Å². The van der Waals surface area contributed by atoms with E-state index < -0.39 is 13.0 Å². The van der Waals surface area contributed by atoms with Gasteiger partial charge in [-0.05, 0) is 12.8 Å². The summed E-state index contributed by atoms with van der Waals surface area (Å²) >= 11 is 0. The van der Waals surface area contributed by atoms with Gasteiger partial charge in [-0.15, -0.1) is 0 Å². The standard InChI is InChI=1S/C12H19F2N3O/c1-3-5-9-11(15-6-4-2)16-8-17-12(9)18-7-10(13)14/h8,10H,3-7H2,1-2H3,(H,15,16,17). The number of hydrogen-bond donors (Lipinski definition) is 1. The van der Waals surface area contributed by atoms with E-state index in [0.717, 1.165) is 24.9 Å². The molecule has 0 atom stereocenters. The van der Waals surface area contributed by atoms with Crippen LogP contribution in [0.3, 0.4) is 0 Å². The molecule has 1 aromatic heterocycles. The van der Waals surface area contributed by atoms with E-state index in [1.165, 1.54) is 6.33 Å². The fraction of sp³-hybridized carbons (Fsp3) is 0.667. The minimum atomic E-state index is -2.50. The van der Waals surface area contributed by atoms with Crippen LogP contribution in [-0.4, -0.2) is 29.5 Å². The lowest BCUT2D eigenvalue weighted by Crippen LogP contribution is -2.12. The van der Waals surface area contributed by atoms with Crippen LogP contribution in [0.1, 0.15) is 32.3 Å². The van der Waals surface area contributed by atoms with Crippen molar-refractivity contribution in [2.75, 3.05) is 18.5 Å². The van der Waals surface area contributed by atoms with Crippen LogP contribution in [-0.2, 0) is 6.42 Å². The van der Waals surface area contributed by atoms with Gasteiger partial charge in [0.05, 0.1) is 5.56 Å². The van der Waals surface area contributed by atoms with Crippen molar-refractivity contribution in [2.45, 2.75) is 39.5 Å². The largest absolute Gasteiger partial charge is 0.471 e. The number of halogens is 2. The number of anilines is 1. The van der Waals surface area contributed by atoms with Crippen LogP contribution in [0.4, 0.5) is 14.6 Å². The molecule has 0 saturated heterocycles. The number of aromatic nitrogens is 2. The summed E-state index contributed by atoms with van der Waals surface area (Å²) < 4.78 is 29.3. The first kappa shape index (κ1) is 14.6. The maximum atomic E-state index is 12.2. The van der Waals surface area contributed by atoms with Gasteiger partial charge in [-0.2, -0.15) is 0 Å². The SMILES string of the molecule is CCCNc1ncnc(OCC(F)F)c1CCC. The molecule has 0 radical (unpaired) electrons. The van der Waals surface area contributed by atoms with Crippen molar-refractivity contribution in [1.82, 2.24) is 9.97 Å². The van der Waals surface area contributed by atoms with Gasteiger partial charge in [0, 0.05) is 6.54 Å². The lowest BCUT2D eigenvalue weighted by molar-refractivity contribution is 0.0790. The first-order valence-corrected chi connectivity index (χ1v) is 6.17. The van der Waals surface area contributed by atoms with E-state index in [9.17, 15) is 8.78 Å². The Labute approximate surface area is 106 Å². The normalized spacial score (nSPS) is 10.7. The van der Waals surface area contributed by atoms with Crippen molar-refractivity contribution in [3.05, 3.63) is 11.9 Å². The molecule has 1 aromatic rings. The van der Waals surface area contributed by atoms with Crippen molar-refractivity contribution < 1.29 is 13.5 Å². The van der Waals surface area contributed by atoms with Crippen molar-refractivity contribution in [2.24, 2.45) is 0 Å². The molecule has 18 heavy (non-hydrogen) atoms. The Kier molecular flexibility index (Phi) is 6.32. The van der Waals surface area contributed by atoms with Crippen molar-refractivity contribution in [3.8, 4) is 5.88 Å². The monoisotopic (exact) mass is 259 g/mol. The van der Waals surface area contributed by atoms with Crippen LogP contribution in [0.5, 0.6) is 5.88 Å². The van der Waals surface area contributed by atoms with Gasteiger partial charge in [0.1, 0.15) is 12.1 Å². The van der Waals surface area contributed by atoms with Crippen LogP contribution in [0.15, 0.2) is 6.33 Å². The Bertz CT molecular complexity index is 361. The van der Waals surface area contributed by atoms with Gasteiger partial charge in [-0.1, -0.05) is 20.3 Å². The summed E-state index contributed by atoms with van der Waals surface area (Å²) in [6, 6.07) is 0. The van der Waals surface area contributed by atoms with Crippen LogP contribution >= 0.6 is 0 Å². The van der Waals surface area contributed by atoms with Gasteiger partial charge >= 0.3 is 0 Å². The van der Waals surface area contributed by atoms with Crippen LogP contribution in [0.25, 0.3) is 0 Å². The number of nitrogens with one attached hydrogen (secondary N) is 1. The highest BCUT2D eigenvalue weighted by Crippen LogP contribution is 2.23. The molecule has 1 rings (SSSR count). The third-order valence-corrected chi connectivity index (χ3v) is 2.29. The summed E-state index contributed by atoms with van der Waals surface area (Å²) in [6.45, 7) is 4.19. The van der Waals surface area contributed by atoms with Crippen LogP contribution < -0.4 is 10.1 Å². The fourth-order valence-corrected chi connectivity index (χ4v) is 1.53. The van der Waals surface area contributed by atoms with Gasteiger partial charge in [-0.25, -0.2) is 18.7 Å². The molecule has 0 amide bonds. The minimum absolute atomic E-state index is 0.255. The topological polar surface area (TPSA) is 47.0 Å². The molecular formula is C12H19F2N3O. The number of ether oxygens (including phenoxy) is 1. The second kappa shape index (κ2) is 7.79. The summed E-state index contributed by atoms with van der Waals surface area (Å²) in [5.74, 6) is 0.934. The highest BCUT2D eigenvalue weighted by molar-refractivity contribution is 5.48. The molecule has 0 unspecified atom stereocenters. The van der Waals surface area contributed by atoms with E-state index >= 15 is 0 Å². The highest BCUT2D eigenvalue weighted by atomic mass is 19.3. The second-order valence-electron chi connectivity index (χ2n) is 3.88. The van der Waals surface area contributed by atoms with Crippen LogP contribution in [0.2, 0.25) is 0 Å². The minimum Gasteiger partial charge on any atom is -0.471 e. The van der Waals surface area contributed by atoms with E-state index in [0.29, 0.717) is 12.2 Å². The zero-order valence-electron chi connectivity index (χ0n) is 10.7. The summed E-state index contributed by atoms with van der Waals surface area (Å²) in [4.78, 5) is 8.06. The van der Waals surface area contributed by atoms with E-state index in [1.54, 1.807) is 0 Å². The molecule has 4 nitrogen and oxygen atoms in total. The number of rotatable bonds is 8. The molecule has 6 heteroatoms. The lowest BCUT2D eigenvalue weighted by Gasteiger charge is -2.13. The first-order valence-electron chi connectivity index (χ1n) is 6.17. The Morgan fingerprint density at radius 2 is 2.06 bits per heavy atom. The highest BCUT2D eigenvalue weighted by Gasteiger charge is 2.13. The third-order valence-electron chi connectivity index (χ3n) is 2.29. The Hall–Kier alpha value is -1.46. The molecule has 0 aliphatic rings.